The van der Waals surface area contributed by atoms with E-state index in [-0.39, 0.29) is 0 Å². The summed E-state index contributed by atoms with van der Waals surface area (Å²) >= 11 is 0. The van der Waals surface area contributed by atoms with Crippen molar-refractivity contribution in [2.45, 2.75) is 39.9 Å². The molecule has 0 unspecified atom stereocenters. The Hall–Kier alpha value is -4.54. The summed E-state index contributed by atoms with van der Waals surface area (Å²) in [7, 11) is -1.43. The van der Waals surface area contributed by atoms with Crippen LogP contribution in [0.25, 0.3) is 60.8 Å². The molecule has 7 aromatic rings. The number of pyridine rings is 2. The first-order chi connectivity index (χ1) is 20.8. The van der Waals surface area contributed by atoms with Crippen LogP contribution in [-0.4, -0.2) is 22.6 Å². The summed E-state index contributed by atoms with van der Waals surface area (Å²) in [6.45, 7) is 11.7. The van der Waals surface area contributed by atoms with Crippen LogP contribution in [0.5, 0.6) is 0 Å². The molecule has 0 aliphatic heterocycles. The Morgan fingerprint density at radius 2 is 1.51 bits per heavy atom. The fourth-order valence-corrected chi connectivity index (χ4v) is 7.34. The van der Waals surface area contributed by atoms with Gasteiger partial charge in [-0.15, -0.1) is 0 Å². The van der Waals surface area contributed by atoms with Crippen molar-refractivity contribution in [2.24, 2.45) is 5.92 Å². The van der Waals surface area contributed by atoms with Gasteiger partial charge in [0, 0.05) is 45.4 Å². The van der Waals surface area contributed by atoms with Gasteiger partial charge >= 0.3 is 0 Å². The molecule has 3 nitrogen and oxygen atoms in total. The van der Waals surface area contributed by atoms with E-state index in [0.717, 1.165) is 34.1 Å². The molecule has 0 fully saturated rings. The number of hydrogen-bond acceptors (Lipinski definition) is 2. The molecule has 4 aromatic carbocycles. The van der Waals surface area contributed by atoms with Crippen LogP contribution in [0.15, 0.2) is 116 Å². The Morgan fingerprint density at radius 3 is 2.30 bits per heavy atom. The Bertz CT molecular complexity index is 2110. The van der Waals surface area contributed by atoms with E-state index in [4.69, 9.17) is 9.97 Å². The fourth-order valence-electron chi connectivity index (χ4n) is 6.30. The lowest BCUT2D eigenvalue weighted by Gasteiger charge is -2.17. The van der Waals surface area contributed by atoms with Crippen LogP contribution >= 0.6 is 0 Å². The molecule has 3 aromatic heterocycles. The zero-order valence-electron chi connectivity index (χ0n) is 25.6. The van der Waals surface area contributed by atoms with Gasteiger partial charge < -0.3 is 4.57 Å². The molecule has 0 aliphatic rings. The number of nitrogens with zero attached hydrogens (tertiary/aromatic N) is 3. The topological polar surface area (TPSA) is 30.7 Å². The van der Waals surface area contributed by atoms with E-state index in [1.807, 2.05) is 12.3 Å². The normalized spacial score (nSPS) is 12.1. The maximum Gasteiger partial charge on any atom is 0.0796 e. The minimum atomic E-state index is -1.43. The predicted octanol–water partition coefficient (Wildman–Crippen LogP) is 9.80. The van der Waals surface area contributed by atoms with E-state index in [1.54, 1.807) is 0 Å². The van der Waals surface area contributed by atoms with Gasteiger partial charge in [0.05, 0.1) is 30.3 Å². The first kappa shape index (κ1) is 27.3. The van der Waals surface area contributed by atoms with Gasteiger partial charge in [-0.25, -0.2) is 0 Å². The molecule has 43 heavy (non-hydrogen) atoms. The minimum Gasteiger partial charge on any atom is -0.309 e. The van der Waals surface area contributed by atoms with E-state index in [9.17, 15) is 0 Å². The van der Waals surface area contributed by atoms with Gasteiger partial charge in [0.2, 0.25) is 0 Å². The number of benzene rings is 4. The van der Waals surface area contributed by atoms with Crippen molar-refractivity contribution in [3.8, 4) is 28.1 Å². The van der Waals surface area contributed by atoms with Crippen LogP contribution in [0.1, 0.15) is 19.4 Å². The molecule has 4 heteroatoms. The summed E-state index contributed by atoms with van der Waals surface area (Å²) in [4.78, 5) is 9.74. The van der Waals surface area contributed by atoms with Crippen LogP contribution in [-0.2, 0) is 6.42 Å². The molecule has 0 saturated heterocycles. The molecule has 0 bridgehead atoms. The Morgan fingerprint density at radius 1 is 0.698 bits per heavy atom. The molecule has 212 valence electrons. The maximum absolute atomic E-state index is 4.98. The van der Waals surface area contributed by atoms with Crippen LogP contribution < -0.4 is 5.19 Å². The van der Waals surface area contributed by atoms with E-state index in [0.29, 0.717) is 5.92 Å². The van der Waals surface area contributed by atoms with E-state index < -0.39 is 8.07 Å². The van der Waals surface area contributed by atoms with Gasteiger partial charge in [0.15, 0.2) is 0 Å². The van der Waals surface area contributed by atoms with Crippen LogP contribution in [0, 0.1) is 5.92 Å². The summed E-state index contributed by atoms with van der Waals surface area (Å²) in [5.41, 5.74) is 10.4. The van der Waals surface area contributed by atoms with Crippen molar-refractivity contribution in [3.05, 3.63) is 121 Å². The average molecular weight is 576 g/mol. The molecule has 7 rings (SSSR count). The third kappa shape index (κ3) is 5.06. The number of aromatic nitrogens is 3. The Balaban J connectivity index is 1.47. The largest absolute Gasteiger partial charge is 0.309 e. The highest BCUT2D eigenvalue weighted by Gasteiger charge is 2.18. The van der Waals surface area contributed by atoms with Gasteiger partial charge in [-0.1, -0.05) is 94.2 Å². The summed E-state index contributed by atoms with van der Waals surface area (Å²) in [6, 6.07) is 37.7. The number of fused-ring (bicyclic) bond motifs is 4. The summed E-state index contributed by atoms with van der Waals surface area (Å²) < 4.78 is 2.44. The van der Waals surface area contributed by atoms with Crippen molar-refractivity contribution in [3.63, 3.8) is 0 Å². The zero-order chi connectivity index (χ0) is 29.7. The van der Waals surface area contributed by atoms with Crippen molar-refractivity contribution < 1.29 is 0 Å². The molecule has 0 spiro atoms. The van der Waals surface area contributed by atoms with Crippen LogP contribution in [0.4, 0.5) is 0 Å². The van der Waals surface area contributed by atoms with Gasteiger partial charge in [-0.2, -0.15) is 0 Å². The smallest absolute Gasteiger partial charge is 0.0796 e. The van der Waals surface area contributed by atoms with Gasteiger partial charge in [-0.05, 0) is 71.1 Å². The first-order valence-corrected chi connectivity index (χ1v) is 18.7. The van der Waals surface area contributed by atoms with Crippen molar-refractivity contribution >= 4 is 46.0 Å². The summed E-state index contributed by atoms with van der Waals surface area (Å²) in [5.74, 6) is 0.550. The van der Waals surface area contributed by atoms with Crippen molar-refractivity contribution in [1.29, 1.82) is 0 Å². The van der Waals surface area contributed by atoms with Gasteiger partial charge in [0.25, 0.3) is 0 Å². The maximum atomic E-state index is 4.98. The lowest BCUT2D eigenvalue weighted by atomic mass is 9.98. The lowest BCUT2D eigenvalue weighted by Crippen LogP contribution is -2.37. The molecule has 0 N–H and O–H groups in total. The molecular formula is C39H37N3Si. The second-order valence-corrected chi connectivity index (χ2v) is 18.2. The number of para-hydroxylation sites is 2. The average Bonchev–Trinajstić information content (AvgIpc) is 3.33. The van der Waals surface area contributed by atoms with Crippen LogP contribution in [0.3, 0.4) is 0 Å². The lowest BCUT2D eigenvalue weighted by molar-refractivity contribution is 0.647. The molecule has 0 radical (unpaired) electrons. The minimum absolute atomic E-state index is 0.550. The van der Waals surface area contributed by atoms with E-state index in [1.165, 1.54) is 43.8 Å². The molecular weight excluding hydrogens is 539 g/mol. The van der Waals surface area contributed by atoms with Gasteiger partial charge in [-0.3, -0.25) is 9.97 Å². The van der Waals surface area contributed by atoms with Gasteiger partial charge in [0.1, 0.15) is 0 Å². The highest BCUT2D eigenvalue weighted by atomic mass is 28.3. The molecule has 0 saturated carbocycles. The second-order valence-electron chi connectivity index (χ2n) is 13.1. The highest BCUT2D eigenvalue weighted by molar-refractivity contribution is 6.88. The molecule has 0 aliphatic carbocycles. The van der Waals surface area contributed by atoms with Crippen molar-refractivity contribution in [1.82, 2.24) is 14.5 Å². The SMILES string of the molecule is CC(C)Cc1cc(-c2ccc([Si](C)(C)C)cn2)cc(-n2c3ccccc3c3ccc(-c4cccc5cccnc45)cc32)c1. The van der Waals surface area contributed by atoms with E-state index >= 15 is 0 Å². The molecule has 0 atom stereocenters. The number of hydrogen-bond donors (Lipinski definition) is 0. The van der Waals surface area contributed by atoms with E-state index in [2.05, 4.69) is 141 Å². The Labute approximate surface area is 254 Å². The fraction of sp³-hybridized carbons (Fsp3) is 0.179. The highest BCUT2D eigenvalue weighted by Crippen LogP contribution is 2.37. The molecule has 3 heterocycles. The first-order valence-electron chi connectivity index (χ1n) is 15.2. The third-order valence-electron chi connectivity index (χ3n) is 8.42. The third-order valence-corrected chi connectivity index (χ3v) is 10.5. The zero-order valence-corrected chi connectivity index (χ0v) is 26.6. The second kappa shape index (κ2) is 10.6. The summed E-state index contributed by atoms with van der Waals surface area (Å²) in [6.07, 6.45) is 4.99. The van der Waals surface area contributed by atoms with Crippen molar-refractivity contribution in [2.75, 3.05) is 0 Å². The van der Waals surface area contributed by atoms with Crippen LogP contribution in [0.2, 0.25) is 19.6 Å². The molecule has 0 amide bonds. The standard InChI is InChI=1S/C39H37N3Si/c1-26(2)20-27-21-30(36-18-16-32(25-41-36)43(3,4)5)23-31(22-27)42-37-14-7-6-12-34(37)35-17-15-29(24-38(35)42)33-13-8-10-28-11-9-19-40-39(28)33/h6-19,21-26H,20H2,1-5H3. The summed E-state index contributed by atoms with van der Waals surface area (Å²) in [5, 5.41) is 5.04. The Kier molecular flexibility index (Phi) is 6.74. The monoisotopic (exact) mass is 575 g/mol. The predicted molar refractivity (Wildman–Crippen MR) is 186 cm³/mol. The quantitative estimate of drug-likeness (QED) is 0.185. The number of rotatable bonds is 6.